The molecule has 25 heavy (non-hydrogen) atoms. The molecule has 1 aliphatic heterocycles. The number of ether oxygens (including phenoxy) is 1. The molecule has 2 rings (SSSR count). The van der Waals surface area contributed by atoms with Gasteiger partial charge in [-0.05, 0) is 24.8 Å². The summed E-state index contributed by atoms with van der Waals surface area (Å²) in [5.41, 5.74) is -0.650. The highest BCUT2D eigenvalue weighted by atomic mass is 32.2. The van der Waals surface area contributed by atoms with Gasteiger partial charge in [0.15, 0.2) is 0 Å². The van der Waals surface area contributed by atoms with Gasteiger partial charge in [-0.25, -0.2) is 4.79 Å². The van der Waals surface area contributed by atoms with Crippen LogP contribution >= 0.6 is 11.8 Å². The lowest BCUT2D eigenvalue weighted by atomic mass is 9.82. The van der Waals surface area contributed by atoms with Gasteiger partial charge in [0.25, 0.3) is 0 Å². The zero-order valence-corrected chi connectivity index (χ0v) is 14.6. The van der Waals surface area contributed by atoms with E-state index in [-0.39, 0.29) is 29.9 Å². The molecule has 0 spiro atoms. The zero-order valence-electron chi connectivity index (χ0n) is 13.8. The van der Waals surface area contributed by atoms with Crippen molar-refractivity contribution < 1.29 is 27.5 Å². The van der Waals surface area contributed by atoms with Crippen LogP contribution in [0.1, 0.15) is 30.4 Å². The van der Waals surface area contributed by atoms with Crippen LogP contribution in [0.15, 0.2) is 35.5 Å². The number of alkyl halides is 3. The molecule has 8 heteroatoms. The van der Waals surface area contributed by atoms with Gasteiger partial charge >= 0.3 is 12.1 Å². The Labute approximate surface area is 147 Å². The standard InChI is InChI=1S/C17H18F3NO3S/c1-10-15(16(23)24-7-8-25-2)12(9-14(22)21-10)11-5-3-4-6-13(11)17(18,19)20/h3-6,12H,7-9H2,1-2H3,(H,21,22)/t12-/m1/s1. The van der Waals surface area contributed by atoms with E-state index in [2.05, 4.69) is 5.32 Å². The summed E-state index contributed by atoms with van der Waals surface area (Å²) in [5.74, 6) is -1.55. The van der Waals surface area contributed by atoms with Crippen LogP contribution in [0, 0.1) is 0 Å². The first kappa shape index (κ1) is 19.4. The predicted molar refractivity (Wildman–Crippen MR) is 89.0 cm³/mol. The number of hydrogen-bond acceptors (Lipinski definition) is 4. The minimum absolute atomic E-state index is 0.0670. The molecule has 0 bridgehead atoms. The molecule has 1 amide bonds. The van der Waals surface area contributed by atoms with Crippen molar-refractivity contribution in [1.29, 1.82) is 0 Å². The fourth-order valence-electron chi connectivity index (χ4n) is 2.79. The Morgan fingerprint density at radius 1 is 1.36 bits per heavy atom. The molecule has 0 saturated heterocycles. The Kier molecular flexibility index (Phi) is 6.16. The zero-order chi connectivity index (χ0) is 18.6. The molecule has 1 aromatic carbocycles. The summed E-state index contributed by atoms with van der Waals surface area (Å²) in [6, 6.07) is 4.99. The van der Waals surface area contributed by atoms with Gasteiger partial charge in [0.2, 0.25) is 5.91 Å². The molecular formula is C17H18F3NO3S. The molecule has 0 aliphatic carbocycles. The van der Waals surface area contributed by atoms with E-state index in [1.807, 2.05) is 6.26 Å². The minimum Gasteiger partial charge on any atom is -0.461 e. The van der Waals surface area contributed by atoms with Crippen molar-refractivity contribution in [2.45, 2.75) is 25.4 Å². The highest BCUT2D eigenvalue weighted by Gasteiger charge is 2.39. The van der Waals surface area contributed by atoms with Gasteiger partial charge in [-0.2, -0.15) is 24.9 Å². The van der Waals surface area contributed by atoms with Crippen LogP contribution in [0.5, 0.6) is 0 Å². The van der Waals surface area contributed by atoms with Crippen LogP contribution in [0.4, 0.5) is 13.2 Å². The van der Waals surface area contributed by atoms with Crippen molar-refractivity contribution in [2.75, 3.05) is 18.6 Å². The predicted octanol–water partition coefficient (Wildman–Crippen LogP) is 3.49. The van der Waals surface area contributed by atoms with E-state index < -0.39 is 29.5 Å². The normalized spacial score (nSPS) is 18.1. The second-order valence-electron chi connectivity index (χ2n) is 5.56. The van der Waals surface area contributed by atoms with E-state index in [1.54, 1.807) is 0 Å². The molecule has 0 radical (unpaired) electrons. The summed E-state index contributed by atoms with van der Waals surface area (Å²) in [4.78, 5) is 24.3. The van der Waals surface area contributed by atoms with Crippen molar-refractivity contribution in [3.05, 3.63) is 46.7 Å². The SMILES string of the molecule is CSCCOC(=O)C1=C(C)NC(=O)C[C@@H]1c1ccccc1C(F)(F)F. The van der Waals surface area contributed by atoms with Gasteiger partial charge in [0, 0.05) is 23.8 Å². The van der Waals surface area contributed by atoms with E-state index in [0.717, 1.165) is 6.07 Å². The number of nitrogens with one attached hydrogen (secondary N) is 1. The van der Waals surface area contributed by atoms with Gasteiger partial charge in [-0.3, -0.25) is 4.79 Å². The maximum Gasteiger partial charge on any atom is 0.416 e. The lowest BCUT2D eigenvalue weighted by Crippen LogP contribution is -2.35. The first-order valence-electron chi connectivity index (χ1n) is 7.58. The Morgan fingerprint density at radius 2 is 2.04 bits per heavy atom. The summed E-state index contributed by atoms with van der Waals surface area (Å²) in [6.45, 7) is 1.64. The second kappa shape index (κ2) is 7.95. The van der Waals surface area contributed by atoms with Crippen LogP contribution in [-0.4, -0.2) is 30.5 Å². The third-order valence-corrected chi connectivity index (χ3v) is 4.43. The van der Waals surface area contributed by atoms with Crippen molar-refractivity contribution in [3.63, 3.8) is 0 Å². The van der Waals surface area contributed by atoms with Crippen molar-refractivity contribution in [1.82, 2.24) is 5.32 Å². The Balaban J connectivity index is 2.45. The fraction of sp³-hybridized carbons (Fsp3) is 0.412. The third-order valence-electron chi connectivity index (χ3n) is 3.85. The smallest absolute Gasteiger partial charge is 0.416 e. The van der Waals surface area contributed by atoms with Gasteiger partial charge in [0.1, 0.15) is 6.61 Å². The highest BCUT2D eigenvalue weighted by molar-refractivity contribution is 7.98. The largest absolute Gasteiger partial charge is 0.461 e. The van der Waals surface area contributed by atoms with Crippen LogP contribution < -0.4 is 5.32 Å². The number of rotatable bonds is 5. The lowest BCUT2D eigenvalue weighted by Gasteiger charge is -2.28. The molecular weight excluding hydrogens is 355 g/mol. The van der Waals surface area contributed by atoms with Crippen LogP contribution in [0.2, 0.25) is 0 Å². The van der Waals surface area contributed by atoms with Crippen LogP contribution in [-0.2, 0) is 20.5 Å². The van der Waals surface area contributed by atoms with Gasteiger partial charge in [-0.15, -0.1) is 0 Å². The van der Waals surface area contributed by atoms with E-state index in [4.69, 9.17) is 4.74 Å². The number of carbonyl (C=O) groups is 2. The Hall–Kier alpha value is -1.96. The summed E-state index contributed by atoms with van der Waals surface area (Å²) in [6.07, 6.45) is -2.97. The highest BCUT2D eigenvalue weighted by Crippen LogP contribution is 2.41. The maximum absolute atomic E-state index is 13.3. The number of hydrogen-bond donors (Lipinski definition) is 1. The molecule has 1 heterocycles. The minimum atomic E-state index is -4.58. The molecule has 1 aliphatic rings. The molecule has 0 aromatic heterocycles. The average molecular weight is 373 g/mol. The monoisotopic (exact) mass is 373 g/mol. The van der Waals surface area contributed by atoms with Crippen LogP contribution in [0.25, 0.3) is 0 Å². The third kappa shape index (κ3) is 4.56. The molecule has 136 valence electrons. The van der Waals surface area contributed by atoms with E-state index in [0.29, 0.717) is 5.75 Å². The number of carbonyl (C=O) groups excluding carboxylic acids is 2. The van der Waals surface area contributed by atoms with Crippen molar-refractivity contribution in [2.24, 2.45) is 0 Å². The summed E-state index contributed by atoms with van der Waals surface area (Å²) in [7, 11) is 0. The maximum atomic E-state index is 13.3. The average Bonchev–Trinajstić information content (AvgIpc) is 2.53. The number of allylic oxidation sites excluding steroid dienone is 1. The lowest BCUT2D eigenvalue weighted by molar-refractivity contribution is -0.141. The van der Waals surface area contributed by atoms with Crippen molar-refractivity contribution in [3.8, 4) is 0 Å². The molecule has 0 saturated carbocycles. The molecule has 0 fully saturated rings. The Morgan fingerprint density at radius 3 is 2.68 bits per heavy atom. The number of benzene rings is 1. The number of thioether (sulfide) groups is 1. The van der Waals surface area contributed by atoms with Gasteiger partial charge in [0.05, 0.1) is 11.1 Å². The first-order chi connectivity index (χ1) is 11.8. The van der Waals surface area contributed by atoms with Crippen molar-refractivity contribution >= 4 is 23.6 Å². The number of amides is 1. The molecule has 1 atom stereocenters. The van der Waals surface area contributed by atoms with Gasteiger partial charge < -0.3 is 10.1 Å². The molecule has 1 N–H and O–H groups in total. The summed E-state index contributed by atoms with van der Waals surface area (Å²) < 4.78 is 45.2. The molecule has 1 aromatic rings. The van der Waals surface area contributed by atoms with E-state index in [1.165, 1.54) is 36.9 Å². The van der Waals surface area contributed by atoms with E-state index in [9.17, 15) is 22.8 Å². The molecule has 4 nitrogen and oxygen atoms in total. The summed E-state index contributed by atoms with van der Waals surface area (Å²) in [5, 5.41) is 2.51. The summed E-state index contributed by atoms with van der Waals surface area (Å²) >= 11 is 1.48. The number of esters is 1. The molecule has 0 unspecified atom stereocenters. The van der Waals surface area contributed by atoms with Gasteiger partial charge in [-0.1, -0.05) is 18.2 Å². The number of halogens is 3. The Bertz CT molecular complexity index is 701. The quantitative estimate of drug-likeness (QED) is 0.634. The fourth-order valence-corrected chi connectivity index (χ4v) is 3.04. The first-order valence-corrected chi connectivity index (χ1v) is 8.98. The topological polar surface area (TPSA) is 55.4 Å². The van der Waals surface area contributed by atoms with Crippen LogP contribution in [0.3, 0.4) is 0 Å². The second-order valence-corrected chi connectivity index (χ2v) is 6.54. The van der Waals surface area contributed by atoms with E-state index >= 15 is 0 Å².